The van der Waals surface area contributed by atoms with Crippen molar-refractivity contribution in [1.29, 1.82) is 0 Å². The first-order valence-electron chi connectivity index (χ1n) is 5.29. The predicted octanol–water partition coefficient (Wildman–Crippen LogP) is 4.11. The number of rotatable bonds is 3. The van der Waals surface area contributed by atoms with Gasteiger partial charge in [0, 0.05) is 16.9 Å². The second-order valence-electron chi connectivity index (χ2n) is 3.81. The molecule has 0 saturated carbocycles. The average molecular weight is 343 g/mol. The maximum absolute atomic E-state index is 13.2. The fourth-order valence-electron chi connectivity index (χ4n) is 1.56. The summed E-state index contributed by atoms with van der Waals surface area (Å²) in [6.07, 6.45) is 0. The average Bonchev–Trinajstić information content (AvgIpc) is 2.36. The molecule has 0 fully saturated rings. The molecule has 2 aromatic carbocycles. The third kappa shape index (κ3) is 3.27. The fraction of sp³-hybridized carbons (Fsp3) is 0. The van der Waals surface area contributed by atoms with Gasteiger partial charge in [-0.15, -0.1) is 0 Å². The highest BCUT2D eigenvalue weighted by Crippen LogP contribution is 2.25. The van der Waals surface area contributed by atoms with E-state index < -0.39 is 5.82 Å². The van der Waals surface area contributed by atoms with Crippen LogP contribution in [0.3, 0.4) is 0 Å². The number of benzene rings is 2. The maximum atomic E-state index is 13.2. The Balaban J connectivity index is 2.37. The van der Waals surface area contributed by atoms with Crippen LogP contribution in [0.5, 0.6) is 0 Å². The first-order chi connectivity index (χ1) is 8.97. The Kier molecular flexibility index (Phi) is 4.11. The summed E-state index contributed by atoms with van der Waals surface area (Å²) in [6, 6.07) is 8.53. The van der Waals surface area contributed by atoms with Gasteiger partial charge >= 0.3 is 0 Å². The summed E-state index contributed by atoms with van der Waals surface area (Å²) in [4.78, 5) is 0.0863. The molecular formula is C13H9BrF2N2S. The molecule has 0 saturated heterocycles. The smallest absolute Gasteiger partial charge is 0.137 e. The molecule has 0 heterocycles. The molecule has 0 aliphatic carbocycles. The lowest BCUT2D eigenvalue weighted by molar-refractivity contribution is 0.621. The van der Waals surface area contributed by atoms with E-state index in [-0.39, 0.29) is 10.8 Å². The van der Waals surface area contributed by atoms with Crippen LogP contribution in [0.2, 0.25) is 0 Å². The van der Waals surface area contributed by atoms with Crippen molar-refractivity contribution < 1.29 is 8.78 Å². The van der Waals surface area contributed by atoms with Crippen LogP contribution in [0.1, 0.15) is 5.56 Å². The van der Waals surface area contributed by atoms with E-state index in [0.717, 1.165) is 0 Å². The van der Waals surface area contributed by atoms with Gasteiger partial charge in [-0.3, -0.25) is 0 Å². The number of thiocarbonyl (C=S) groups is 1. The quantitative estimate of drug-likeness (QED) is 0.824. The van der Waals surface area contributed by atoms with Crippen molar-refractivity contribution in [2.75, 3.05) is 5.32 Å². The van der Waals surface area contributed by atoms with Crippen LogP contribution in [0.4, 0.5) is 20.2 Å². The SMILES string of the molecule is NC(=S)c1cc(F)ccc1Nc1ccc(F)c(Br)c1. The van der Waals surface area contributed by atoms with Gasteiger partial charge in [0.05, 0.1) is 4.47 Å². The maximum Gasteiger partial charge on any atom is 0.137 e. The molecule has 2 aromatic rings. The van der Waals surface area contributed by atoms with Crippen LogP contribution in [-0.4, -0.2) is 4.99 Å². The molecule has 0 atom stereocenters. The fourth-order valence-corrected chi connectivity index (χ4v) is 2.11. The Labute approximate surface area is 122 Å². The summed E-state index contributed by atoms with van der Waals surface area (Å²) in [6.45, 7) is 0. The zero-order chi connectivity index (χ0) is 14.0. The largest absolute Gasteiger partial charge is 0.389 e. The third-order valence-electron chi connectivity index (χ3n) is 2.45. The zero-order valence-electron chi connectivity index (χ0n) is 9.58. The number of anilines is 2. The normalized spacial score (nSPS) is 10.3. The molecule has 0 spiro atoms. The Morgan fingerprint density at radius 2 is 1.89 bits per heavy atom. The summed E-state index contributed by atoms with van der Waals surface area (Å²) in [5.41, 5.74) is 7.14. The van der Waals surface area contributed by atoms with Gasteiger partial charge in [0.1, 0.15) is 16.6 Å². The van der Waals surface area contributed by atoms with Gasteiger partial charge in [-0.2, -0.15) is 0 Å². The predicted molar refractivity (Wildman–Crippen MR) is 79.7 cm³/mol. The minimum absolute atomic E-state index is 0.0863. The van der Waals surface area contributed by atoms with Crippen LogP contribution in [-0.2, 0) is 0 Å². The second kappa shape index (κ2) is 5.63. The number of nitrogens with two attached hydrogens (primary N) is 1. The summed E-state index contributed by atoms with van der Waals surface area (Å²) < 4.78 is 26.6. The van der Waals surface area contributed by atoms with E-state index in [1.165, 1.54) is 24.3 Å². The lowest BCUT2D eigenvalue weighted by atomic mass is 10.1. The van der Waals surface area contributed by atoms with Gasteiger partial charge in [-0.1, -0.05) is 12.2 Å². The topological polar surface area (TPSA) is 38.0 Å². The Hall–Kier alpha value is -1.53. The van der Waals surface area contributed by atoms with Gasteiger partial charge in [-0.05, 0) is 52.3 Å². The van der Waals surface area contributed by atoms with E-state index >= 15 is 0 Å². The highest BCUT2D eigenvalue weighted by atomic mass is 79.9. The van der Waals surface area contributed by atoms with Gasteiger partial charge < -0.3 is 11.1 Å². The minimum Gasteiger partial charge on any atom is -0.389 e. The summed E-state index contributed by atoms with van der Waals surface area (Å²) in [5, 5.41) is 3.02. The molecule has 0 aliphatic heterocycles. The number of halogens is 3. The van der Waals surface area contributed by atoms with Crippen molar-refractivity contribution in [3.05, 3.63) is 58.1 Å². The van der Waals surface area contributed by atoms with Crippen LogP contribution in [0.15, 0.2) is 40.9 Å². The lowest BCUT2D eigenvalue weighted by Crippen LogP contribution is -2.12. The van der Waals surface area contributed by atoms with Crippen molar-refractivity contribution in [3.63, 3.8) is 0 Å². The van der Waals surface area contributed by atoms with E-state index in [0.29, 0.717) is 21.4 Å². The van der Waals surface area contributed by atoms with Gasteiger partial charge in [-0.25, -0.2) is 8.78 Å². The molecule has 0 amide bonds. The van der Waals surface area contributed by atoms with E-state index in [1.807, 2.05) is 0 Å². The van der Waals surface area contributed by atoms with Crippen LogP contribution in [0.25, 0.3) is 0 Å². The minimum atomic E-state index is -0.423. The standard InChI is InChI=1S/C13H9BrF2N2S/c14-10-6-8(2-3-11(10)16)18-12-4-1-7(15)5-9(12)13(17)19/h1-6,18H,(H2,17,19). The summed E-state index contributed by atoms with van der Waals surface area (Å²) in [7, 11) is 0. The number of hydrogen-bond acceptors (Lipinski definition) is 2. The Morgan fingerprint density at radius 1 is 1.16 bits per heavy atom. The van der Waals surface area contributed by atoms with E-state index in [2.05, 4.69) is 21.2 Å². The molecule has 0 radical (unpaired) electrons. The van der Waals surface area contributed by atoms with E-state index in [9.17, 15) is 8.78 Å². The Morgan fingerprint density at radius 3 is 2.53 bits per heavy atom. The lowest BCUT2D eigenvalue weighted by Gasteiger charge is -2.11. The first kappa shape index (κ1) is 13.9. The molecule has 0 aliphatic rings. The molecule has 0 aromatic heterocycles. The van der Waals surface area contributed by atoms with Crippen LogP contribution in [0, 0.1) is 11.6 Å². The zero-order valence-corrected chi connectivity index (χ0v) is 12.0. The number of hydrogen-bond donors (Lipinski definition) is 2. The molecule has 98 valence electrons. The number of nitrogens with one attached hydrogen (secondary N) is 1. The van der Waals surface area contributed by atoms with Gasteiger partial charge in [0.25, 0.3) is 0 Å². The van der Waals surface area contributed by atoms with Crippen LogP contribution >= 0.6 is 28.1 Å². The molecule has 6 heteroatoms. The summed E-state index contributed by atoms with van der Waals surface area (Å²) >= 11 is 7.97. The van der Waals surface area contributed by atoms with Gasteiger partial charge in [0.2, 0.25) is 0 Å². The molecular weight excluding hydrogens is 334 g/mol. The second-order valence-corrected chi connectivity index (χ2v) is 5.10. The van der Waals surface area contributed by atoms with Crippen molar-refractivity contribution in [1.82, 2.24) is 0 Å². The molecule has 2 rings (SSSR count). The van der Waals surface area contributed by atoms with Gasteiger partial charge in [0.15, 0.2) is 0 Å². The van der Waals surface area contributed by atoms with Crippen molar-refractivity contribution in [2.24, 2.45) is 5.73 Å². The molecule has 19 heavy (non-hydrogen) atoms. The Bertz CT molecular complexity index is 647. The van der Waals surface area contributed by atoms with Crippen molar-refractivity contribution in [3.8, 4) is 0 Å². The van der Waals surface area contributed by atoms with Crippen molar-refractivity contribution in [2.45, 2.75) is 0 Å². The first-order valence-corrected chi connectivity index (χ1v) is 6.49. The third-order valence-corrected chi connectivity index (χ3v) is 3.27. The molecule has 0 bridgehead atoms. The molecule has 2 nitrogen and oxygen atoms in total. The highest BCUT2D eigenvalue weighted by Gasteiger charge is 2.08. The summed E-state index contributed by atoms with van der Waals surface area (Å²) in [5.74, 6) is -0.784. The van der Waals surface area contributed by atoms with Crippen LogP contribution < -0.4 is 11.1 Å². The van der Waals surface area contributed by atoms with E-state index in [1.54, 1.807) is 12.1 Å². The monoisotopic (exact) mass is 342 g/mol. The van der Waals surface area contributed by atoms with E-state index in [4.69, 9.17) is 18.0 Å². The molecule has 3 N–H and O–H groups in total. The van der Waals surface area contributed by atoms with Crippen molar-refractivity contribution >= 4 is 44.5 Å². The highest BCUT2D eigenvalue weighted by molar-refractivity contribution is 9.10. The molecule has 0 unspecified atom stereocenters.